The van der Waals surface area contributed by atoms with Gasteiger partial charge in [-0.15, -0.1) is 0 Å². The van der Waals surface area contributed by atoms with Gasteiger partial charge in [0.15, 0.2) is 0 Å². The number of nitrogens with zero attached hydrogens (tertiary/aromatic N) is 1. The van der Waals surface area contributed by atoms with E-state index in [4.69, 9.17) is 9.47 Å². The standard InChI is InChI=1S/C13H23NO5/c1-12(2,3)19-11(16)14-9(7-10(15)17-6)8-18-13(14,4)5/h9H,7-8H2,1-6H3/t9-/m1/s1. The summed E-state index contributed by atoms with van der Waals surface area (Å²) in [6, 6.07) is -0.364. The van der Waals surface area contributed by atoms with E-state index in [1.807, 2.05) is 0 Å². The van der Waals surface area contributed by atoms with Gasteiger partial charge in [0.25, 0.3) is 0 Å². The van der Waals surface area contributed by atoms with Crippen molar-refractivity contribution >= 4 is 12.1 Å². The van der Waals surface area contributed by atoms with E-state index in [9.17, 15) is 9.59 Å². The Hall–Kier alpha value is -1.30. The van der Waals surface area contributed by atoms with Crippen molar-refractivity contribution in [3.63, 3.8) is 0 Å². The lowest BCUT2D eigenvalue weighted by atomic mass is 10.1. The van der Waals surface area contributed by atoms with Gasteiger partial charge in [-0.05, 0) is 34.6 Å². The minimum Gasteiger partial charge on any atom is -0.469 e. The molecule has 1 aliphatic rings. The number of hydrogen-bond donors (Lipinski definition) is 0. The van der Waals surface area contributed by atoms with Crippen LogP contribution < -0.4 is 0 Å². The van der Waals surface area contributed by atoms with E-state index >= 15 is 0 Å². The maximum absolute atomic E-state index is 12.2. The molecule has 0 bridgehead atoms. The molecule has 0 aromatic carbocycles. The molecule has 0 aliphatic carbocycles. The van der Waals surface area contributed by atoms with E-state index in [-0.39, 0.29) is 18.4 Å². The fourth-order valence-electron chi connectivity index (χ4n) is 1.99. The van der Waals surface area contributed by atoms with Crippen LogP contribution in [0.1, 0.15) is 41.0 Å². The monoisotopic (exact) mass is 273 g/mol. The molecule has 0 aromatic rings. The summed E-state index contributed by atoms with van der Waals surface area (Å²) in [5, 5.41) is 0. The van der Waals surface area contributed by atoms with E-state index in [1.165, 1.54) is 12.0 Å². The highest BCUT2D eigenvalue weighted by Gasteiger charge is 2.46. The second kappa shape index (κ2) is 5.36. The molecule has 0 unspecified atom stereocenters. The third kappa shape index (κ3) is 4.09. The summed E-state index contributed by atoms with van der Waals surface area (Å²) in [7, 11) is 1.32. The lowest BCUT2D eigenvalue weighted by molar-refractivity contribution is -0.141. The summed E-state index contributed by atoms with van der Waals surface area (Å²) < 4.78 is 15.6. The Morgan fingerprint density at radius 1 is 1.37 bits per heavy atom. The lowest BCUT2D eigenvalue weighted by Crippen LogP contribution is -2.50. The Morgan fingerprint density at radius 2 is 1.95 bits per heavy atom. The van der Waals surface area contributed by atoms with Crippen LogP contribution in [0, 0.1) is 0 Å². The van der Waals surface area contributed by atoms with Gasteiger partial charge in [-0.25, -0.2) is 4.79 Å². The van der Waals surface area contributed by atoms with Crippen molar-refractivity contribution in [1.82, 2.24) is 4.90 Å². The van der Waals surface area contributed by atoms with Crippen LogP contribution in [0.4, 0.5) is 4.79 Å². The van der Waals surface area contributed by atoms with Gasteiger partial charge in [-0.2, -0.15) is 0 Å². The van der Waals surface area contributed by atoms with Gasteiger partial charge in [0.05, 0.1) is 26.2 Å². The number of rotatable bonds is 2. The molecule has 1 saturated heterocycles. The van der Waals surface area contributed by atoms with Crippen LogP contribution in [0.25, 0.3) is 0 Å². The average Bonchev–Trinajstić information content (AvgIpc) is 2.51. The predicted molar refractivity (Wildman–Crippen MR) is 68.5 cm³/mol. The van der Waals surface area contributed by atoms with Gasteiger partial charge in [0, 0.05) is 0 Å². The molecule has 1 heterocycles. The Morgan fingerprint density at radius 3 is 2.42 bits per heavy atom. The van der Waals surface area contributed by atoms with Crippen molar-refractivity contribution in [3.05, 3.63) is 0 Å². The summed E-state index contributed by atoms with van der Waals surface area (Å²) in [5.74, 6) is -0.375. The first-order valence-electron chi connectivity index (χ1n) is 6.30. The van der Waals surface area contributed by atoms with Crippen LogP contribution in [0.15, 0.2) is 0 Å². The van der Waals surface area contributed by atoms with Gasteiger partial charge in [-0.1, -0.05) is 0 Å². The highest BCUT2D eigenvalue weighted by molar-refractivity contribution is 5.73. The minimum atomic E-state index is -0.791. The Labute approximate surface area is 114 Å². The van der Waals surface area contributed by atoms with E-state index in [0.29, 0.717) is 6.61 Å². The molecule has 1 rings (SSSR count). The maximum Gasteiger partial charge on any atom is 0.412 e. The topological polar surface area (TPSA) is 65.1 Å². The summed E-state index contributed by atoms with van der Waals surface area (Å²) in [5.41, 5.74) is -1.38. The zero-order valence-corrected chi connectivity index (χ0v) is 12.5. The zero-order chi connectivity index (χ0) is 14.8. The molecule has 0 radical (unpaired) electrons. The van der Waals surface area contributed by atoms with Gasteiger partial charge >= 0.3 is 12.1 Å². The molecule has 0 N–H and O–H groups in total. The fourth-order valence-corrected chi connectivity index (χ4v) is 1.99. The highest BCUT2D eigenvalue weighted by Crippen LogP contribution is 2.30. The van der Waals surface area contributed by atoms with Gasteiger partial charge in [0.1, 0.15) is 11.3 Å². The van der Waals surface area contributed by atoms with Crippen LogP contribution in [-0.4, -0.2) is 48.0 Å². The van der Waals surface area contributed by atoms with Gasteiger partial charge in [-0.3, -0.25) is 9.69 Å². The molecular formula is C13H23NO5. The van der Waals surface area contributed by atoms with Gasteiger partial charge < -0.3 is 14.2 Å². The van der Waals surface area contributed by atoms with Crippen molar-refractivity contribution in [2.24, 2.45) is 0 Å². The molecule has 0 saturated carbocycles. The van der Waals surface area contributed by atoms with Gasteiger partial charge in [0.2, 0.25) is 0 Å². The normalized spacial score (nSPS) is 22.2. The Balaban J connectivity index is 2.84. The molecule has 0 spiro atoms. The number of carbonyl (C=O) groups excluding carboxylic acids is 2. The largest absolute Gasteiger partial charge is 0.469 e. The van der Waals surface area contributed by atoms with Crippen molar-refractivity contribution in [2.45, 2.75) is 58.4 Å². The third-order valence-electron chi connectivity index (χ3n) is 2.79. The first-order valence-corrected chi connectivity index (χ1v) is 6.30. The zero-order valence-electron chi connectivity index (χ0n) is 12.5. The molecule has 0 aromatic heterocycles. The molecular weight excluding hydrogens is 250 g/mol. The number of hydrogen-bond acceptors (Lipinski definition) is 5. The second-order valence-corrected chi connectivity index (χ2v) is 6.04. The minimum absolute atomic E-state index is 0.0964. The van der Waals surface area contributed by atoms with Crippen LogP contribution >= 0.6 is 0 Å². The first-order chi connectivity index (χ1) is 8.57. The summed E-state index contributed by atoms with van der Waals surface area (Å²) >= 11 is 0. The van der Waals surface area contributed by atoms with E-state index in [2.05, 4.69) is 4.74 Å². The highest BCUT2D eigenvalue weighted by atomic mass is 16.6. The number of esters is 1. The van der Waals surface area contributed by atoms with Crippen molar-refractivity contribution < 1.29 is 23.8 Å². The first kappa shape index (κ1) is 15.8. The molecule has 6 heteroatoms. The quantitative estimate of drug-likeness (QED) is 0.719. The Bertz CT molecular complexity index is 359. The van der Waals surface area contributed by atoms with Crippen molar-refractivity contribution in [3.8, 4) is 0 Å². The van der Waals surface area contributed by atoms with Crippen LogP contribution in [0.5, 0.6) is 0 Å². The predicted octanol–water partition coefficient (Wildman–Crippen LogP) is 1.92. The maximum atomic E-state index is 12.2. The molecule has 1 atom stereocenters. The SMILES string of the molecule is COC(=O)C[C@@H]1COC(C)(C)N1C(=O)OC(C)(C)C. The lowest BCUT2D eigenvalue weighted by Gasteiger charge is -2.34. The van der Waals surface area contributed by atoms with Crippen LogP contribution in [0.3, 0.4) is 0 Å². The van der Waals surface area contributed by atoms with E-state index in [0.717, 1.165) is 0 Å². The average molecular weight is 273 g/mol. The number of methoxy groups -OCH3 is 1. The fraction of sp³-hybridized carbons (Fsp3) is 0.846. The summed E-state index contributed by atoms with van der Waals surface area (Å²) in [4.78, 5) is 25.1. The van der Waals surface area contributed by atoms with Crippen LogP contribution in [-0.2, 0) is 19.0 Å². The molecule has 1 aliphatic heterocycles. The van der Waals surface area contributed by atoms with Crippen molar-refractivity contribution in [1.29, 1.82) is 0 Å². The van der Waals surface area contributed by atoms with Crippen LogP contribution in [0.2, 0.25) is 0 Å². The summed E-state index contributed by atoms with van der Waals surface area (Å²) in [6.45, 7) is 9.22. The molecule has 110 valence electrons. The smallest absolute Gasteiger partial charge is 0.412 e. The Kier molecular flexibility index (Phi) is 4.45. The molecule has 1 amide bonds. The van der Waals surface area contributed by atoms with Crippen molar-refractivity contribution in [2.75, 3.05) is 13.7 Å². The number of amides is 1. The second-order valence-electron chi connectivity index (χ2n) is 6.04. The van der Waals surface area contributed by atoms with E-state index < -0.39 is 17.4 Å². The molecule has 6 nitrogen and oxygen atoms in total. The van der Waals surface area contributed by atoms with E-state index in [1.54, 1.807) is 34.6 Å². The number of carbonyl (C=O) groups is 2. The molecule has 1 fully saturated rings. The number of ether oxygens (including phenoxy) is 3. The third-order valence-corrected chi connectivity index (χ3v) is 2.79. The molecule has 19 heavy (non-hydrogen) atoms. The summed E-state index contributed by atoms with van der Waals surface area (Å²) in [6.07, 6.45) is -0.386.